The summed E-state index contributed by atoms with van der Waals surface area (Å²) in [6, 6.07) is 0.195. The third-order valence-corrected chi connectivity index (χ3v) is 2.24. The number of rotatable bonds is 6. The van der Waals surface area contributed by atoms with Gasteiger partial charge in [0.2, 0.25) is 0 Å². The van der Waals surface area contributed by atoms with Crippen molar-refractivity contribution in [3.05, 3.63) is 18.1 Å². The molecule has 1 aromatic heterocycles. The second kappa shape index (κ2) is 6.80. The molecule has 0 radical (unpaired) electrons. The van der Waals surface area contributed by atoms with E-state index in [2.05, 4.69) is 20.0 Å². The molecule has 1 unspecified atom stereocenters. The Morgan fingerprint density at radius 2 is 2.29 bits per heavy atom. The Hall–Kier alpha value is -1.69. The quantitative estimate of drug-likeness (QED) is 0.715. The lowest BCUT2D eigenvalue weighted by Gasteiger charge is -2.13. The summed E-state index contributed by atoms with van der Waals surface area (Å²) in [6.07, 6.45) is 4.44. The molecule has 17 heavy (non-hydrogen) atoms. The van der Waals surface area contributed by atoms with Gasteiger partial charge in [0.05, 0.1) is 19.5 Å². The molecule has 1 atom stereocenters. The van der Waals surface area contributed by atoms with Crippen LogP contribution in [0.15, 0.2) is 12.4 Å². The first kappa shape index (κ1) is 13.4. The van der Waals surface area contributed by atoms with Crippen LogP contribution < -0.4 is 5.32 Å². The summed E-state index contributed by atoms with van der Waals surface area (Å²) in [5.41, 5.74) is 0.182. The number of hydrogen-bond donors (Lipinski definition) is 2. The molecule has 0 aliphatic carbocycles. The Balaban J connectivity index is 2.53. The summed E-state index contributed by atoms with van der Waals surface area (Å²) in [5, 5.41) is 11.8. The molecule has 6 heteroatoms. The molecule has 2 N–H and O–H groups in total. The maximum atomic E-state index is 11.1. The summed E-state index contributed by atoms with van der Waals surface area (Å²) < 4.78 is 4.52. The van der Waals surface area contributed by atoms with E-state index in [0.717, 1.165) is 12.8 Å². The van der Waals surface area contributed by atoms with Crippen molar-refractivity contribution in [2.75, 3.05) is 19.0 Å². The maximum Gasteiger partial charge on any atom is 0.358 e. The van der Waals surface area contributed by atoms with E-state index in [9.17, 15) is 4.79 Å². The van der Waals surface area contributed by atoms with Crippen LogP contribution in [0.1, 0.15) is 30.3 Å². The van der Waals surface area contributed by atoms with Gasteiger partial charge in [-0.3, -0.25) is 0 Å². The molecule has 0 spiro atoms. The van der Waals surface area contributed by atoms with Crippen molar-refractivity contribution in [3.8, 4) is 0 Å². The van der Waals surface area contributed by atoms with E-state index in [4.69, 9.17) is 5.11 Å². The Kier molecular flexibility index (Phi) is 5.35. The molecule has 0 amide bonds. The van der Waals surface area contributed by atoms with Gasteiger partial charge in [-0.2, -0.15) is 0 Å². The molecule has 0 bridgehead atoms. The van der Waals surface area contributed by atoms with Crippen molar-refractivity contribution < 1.29 is 14.6 Å². The van der Waals surface area contributed by atoms with Gasteiger partial charge in [0.25, 0.3) is 0 Å². The van der Waals surface area contributed by atoms with Gasteiger partial charge in [0.1, 0.15) is 5.82 Å². The first-order chi connectivity index (χ1) is 8.17. The molecule has 0 aliphatic rings. The molecule has 0 aromatic carbocycles. The minimum absolute atomic E-state index is 0.180. The number of esters is 1. The van der Waals surface area contributed by atoms with Crippen molar-refractivity contribution in [2.45, 2.75) is 25.8 Å². The van der Waals surface area contributed by atoms with Gasteiger partial charge in [-0.25, -0.2) is 14.8 Å². The van der Waals surface area contributed by atoms with Crippen LogP contribution >= 0.6 is 0 Å². The highest BCUT2D eigenvalue weighted by atomic mass is 16.5. The van der Waals surface area contributed by atoms with Gasteiger partial charge in [-0.05, 0) is 19.8 Å². The summed E-state index contributed by atoms with van der Waals surface area (Å²) >= 11 is 0. The van der Waals surface area contributed by atoms with E-state index in [1.807, 2.05) is 6.92 Å². The summed E-state index contributed by atoms with van der Waals surface area (Å²) in [6.45, 7) is 2.17. The highest BCUT2D eigenvalue weighted by Gasteiger charge is 2.08. The molecule has 1 heterocycles. The molecular formula is C11H17N3O3. The van der Waals surface area contributed by atoms with Gasteiger partial charge in [0.15, 0.2) is 5.69 Å². The number of methoxy groups -OCH3 is 1. The Morgan fingerprint density at radius 3 is 2.82 bits per heavy atom. The molecule has 1 rings (SSSR count). The molecular weight excluding hydrogens is 222 g/mol. The highest BCUT2D eigenvalue weighted by molar-refractivity contribution is 5.86. The molecule has 0 saturated heterocycles. The van der Waals surface area contributed by atoms with E-state index >= 15 is 0 Å². The van der Waals surface area contributed by atoms with Crippen LogP contribution in [0.3, 0.4) is 0 Å². The predicted octanol–water partition coefficient (Wildman–Crippen LogP) is 0.836. The number of aliphatic hydroxyl groups is 1. The normalized spacial score (nSPS) is 11.9. The summed E-state index contributed by atoms with van der Waals surface area (Å²) in [4.78, 5) is 19.1. The number of aliphatic hydroxyl groups excluding tert-OH is 1. The number of ether oxygens (including phenoxy) is 1. The minimum Gasteiger partial charge on any atom is -0.464 e. The number of nitrogens with zero attached hydrogens (tertiary/aromatic N) is 2. The van der Waals surface area contributed by atoms with Crippen molar-refractivity contribution in [3.63, 3.8) is 0 Å². The first-order valence-corrected chi connectivity index (χ1v) is 5.45. The van der Waals surface area contributed by atoms with E-state index in [1.165, 1.54) is 19.5 Å². The van der Waals surface area contributed by atoms with Crippen molar-refractivity contribution >= 4 is 11.8 Å². The zero-order valence-electron chi connectivity index (χ0n) is 10.0. The van der Waals surface area contributed by atoms with Gasteiger partial charge in [-0.1, -0.05) is 0 Å². The zero-order valence-corrected chi connectivity index (χ0v) is 10.0. The van der Waals surface area contributed by atoms with Crippen LogP contribution in [0.5, 0.6) is 0 Å². The minimum atomic E-state index is -0.502. The lowest BCUT2D eigenvalue weighted by molar-refractivity contribution is 0.0593. The van der Waals surface area contributed by atoms with Gasteiger partial charge >= 0.3 is 5.97 Å². The summed E-state index contributed by atoms with van der Waals surface area (Å²) in [5.74, 6) is 0.0977. The van der Waals surface area contributed by atoms with Crippen molar-refractivity contribution in [1.82, 2.24) is 9.97 Å². The highest BCUT2D eigenvalue weighted by Crippen LogP contribution is 2.06. The van der Waals surface area contributed by atoms with E-state index < -0.39 is 5.97 Å². The fourth-order valence-electron chi connectivity index (χ4n) is 1.33. The average molecular weight is 239 g/mol. The van der Waals surface area contributed by atoms with Crippen LogP contribution in [-0.2, 0) is 4.74 Å². The molecule has 1 aromatic rings. The number of aromatic nitrogens is 2. The van der Waals surface area contributed by atoms with Crippen LogP contribution in [0.4, 0.5) is 5.82 Å². The Morgan fingerprint density at radius 1 is 1.53 bits per heavy atom. The van der Waals surface area contributed by atoms with Crippen molar-refractivity contribution in [2.24, 2.45) is 0 Å². The Labute approximate surface area is 100 Å². The fraction of sp³-hybridized carbons (Fsp3) is 0.545. The fourth-order valence-corrected chi connectivity index (χ4v) is 1.33. The summed E-state index contributed by atoms with van der Waals surface area (Å²) in [7, 11) is 1.30. The average Bonchev–Trinajstić information content (AvgIpc) is 2.36. The van der Waals surface area contributed by atoms with Crippen LogP contribution in [0.2, 0.25) is 0 Å². The first-order valence-electron chi connectivity index (χ1n) is 5.45. The number of hydrogen-bond acceptors (Lipinski definition) is 6. The predicted molar refractivity (Wildman–Crippen MR) is 62.8 cm³/mol. The van der Waals surface area contributed by atoms with Gasteiger partial charge in [0, 0.05) is 12.6 Å². The number of carbonyl (C=O) groups is 1. The van der Waals surface area contributed by atoms with E-state index in [0.29, 0.717) is 5.82 Å². The van der Waals surface area contributed by atoms with Crippen LogP contribution in [-0.4, -0.2) is 40.8 Å². The maximum absolute atomic E-state index is 11.1. The number of carbonyl (C=O) groups excluding carboxylic acids is 1. The Bertz CT molecular complexity index is 353. The van der Waals surface area contributed by atoms with Gasteiger partial charge < -0.3 is 15.2 Å². The van der Waals surface area contributed by atoms with Crippen molar-refractivity contribution in [1.29, 1.82) is 0 Å². The second-order valence-electron chi connectivity index (χ2n) is 3.69. The topological polar surface area (TPSA) is 84.3 Å². The second-order valence-corrected chi connectivity index (χ2v) is 3.69. The number of anilines is 1. The lowest BCUT2D eigenvalue weighted by Crippen LogP contribution is -2.17. The third-order valence-electron chi connectivity index (χ3n) is 2.24. The smallest absolute Gasteiger partial charge is 0.358 e. The molecule has 0 fully saturated rings. The van der Waals surface area contributed by atoms with Crippen LogP contribution in [0.25, 0.3) is 0 Å². The lowest BCUT2D eigenvalue weighted by atomic mass is 10.2. The molecule has 6 nitrogen and oxygen atoms in total. The third kappa shape index (κ3) is 4.36. The largest absolute Gasteiger partial charge is 0.464 e. The van der Waals surface area contributed by atoms with Gasteiger partial charge in [-0.15, -0.1) is 0 Å². The van der Waals surface area contributed by atoms with E-state index in [1.54, 1.807) is 0 Å². The molecule has 94 valence electrons. The SMILES string of the molecule is COC(=O)c1cnc(NC(C)CCCO)cn1. The zero-order chi connectivity index (χ0) is 12.7. The van der Waals surface area contributed by atoms with E-state index in [-0.39, 0.29) is 18.3 Å². The standard InChI is InChI=1S/C11H17N3O3/c1-8(4-3-5-15)14-10-7-12-9(6-13-10)11(16)17-2/h6-8,15H,3-5H2,1-2H3,(H,13,14). The van der Waals surface area contributed by atoms with Crippen LogP contribution in [0, 0.1) is 0 Å². The molecule has 0 saturated carbocycles. The monoisotopic (exact) mass is 239 g/mol. The number of nitrogens with one attached hydrogen (secondary N) is 1. The molecule has 0 aliphatic heterocycles.